The molecular formula is C14H19F3N2O4. The Balaban J connectivity index is 0.000000322. The maximum Gasteiger partial charge on any atom is 0.490 e. The summed E-state index contributed by atoms with van der Waals surface area (Å²) in [6, 6.07) is 3.57. The maximum atomic E-state index is 11.2. The molecule has 1 aromatic heterocycles. The highest BCUT2D eigenvalue weighted by molar-refractivity contribution is 5.73. The fourth-order valence-corrected chi connectivity index (χ4v) is 2.11. The number of aromatic nitrogens is 1. The summed E-state index contributed by atoms with van der Waals surface area (Å²) in [4.78, 5) is 25.4. The van der Waals surface area contributed by atoms with Crippen LogP contribution in [0.15, 0.2) is 16.9 Å². The molecule has 2 rings (SSSR count). The molecule has 0 saturated heterocycles. The summed E-state index contributed by atoms with van der Waals surface area (Å²) in [5, 5.41) is 7.12. The van der Waals surface area contributed by atoms with Gasteiger partial charge in [0.15, 0.2) is 0 Å². The van der Waals surface area contributed by atoms with E-state index in [1.54, 1.807) is 13.2 Å². The molecule has 130 valence electrons. The van der Waals surface area contributed by atoms with Crippen molar-refractivity contribution >= 4 is 5.97 Å². The largest absolute Gasteiger partial charge is 0.490 e. The molecule has 0 fully saturated rings. The van der Waals surface area contributed by atoms with Gasteiger partial charge in [-0.2, -0.15) is 13.2 Å². The zero-order valence-electron chi connectivity index (χ0n) is 12.7. The third-order valence-corrected chi connectivity index (χ3v) is 3.33. The summed E-state index contributed by atoms with van der Waals surface area (Å²) in [5.41, 5.74) is 2.39. The smallest absolute Gasteiger partial charge is 0.475 e. The van der Waals surface area contributed by atoms with E-state index in [1.807, 2.05) is 6.07 Å². The van der Waals surface area contributed by atoms with Gasteiger partial charge >= 0.3 is 12.1 Å². The van der Waals surface area contributed by atoms with Gasteiger partial charge < -0.3 is 19.7 Å². The number of carbonyl (C=O) groups is 1. The van der Waals surface area contributed by atoms with E-state index in [9.17, 15) is 18.0 Å². The van der Waals surface area contributed by atoms with E-state index in [-0.39, 0.29) is 5.56 Å². The number of fused-ring (bicyclic) bond motifs is 1. The van der Waals surface area contributed by atoms with Gasteiger partial charge in [-0.1, -0.05) is 6.07 Å². The number of hydrogen-bond acceptors (Lipinski definition) is 4. The summed E-state index contributed by atoms with van der Waals surface area (Å²) in [7, 11) is 1.73. The third kappa shape index (κ3) is 6.83. The first kappa shape index (κ1) is 19.2. The van der Waals surface area contributed by atoms with E-state index in [2.05, 4.69) is 9.88 Å². The van der Waals surface area contributed by atoms with Crippen molar-refractivity contribution in [2.75, 3.05) is 33.4 Å². The molecule has 6 nitrogen and oxygen atoms in total. The minimum absolute atomic E-state index is 0.00379. The molecule has 0 aromatic carbocycles. The number of nitrogens with zero attached hydrogens (tertiary/aromatic N) is 1. The summed E-state index contributed by atoms with van der Waals surface area (Å²) in [6.45, 7) is 3.78. The highest BCUT2D eigenvalue weighted by Gasteiger charge is 2.38. The van der Waals surface area contributed by atoms with Gasteiger partial charge in [0.25, 0.3) is 0 Å². The SMILES string of the molecule is COCCN1CCc2ccc(=O)[nH]c2CC1.O=C(O)C(F)(F)F. The Labute approximate surface area is 130 Å². The number of carboxylic acid groups (broad SMARTS) is 1. The number of rotatable bonds is 3. The van der Waals surface area contributed by atoms with Crippen LogP contribution in [0.25, 0.3) is 0 Å². The molecule has 1 aliphatic heterocycles. The highest BCUT2D eigenvalue weighted by Crippen LogP contribution is 2.13. The molecule has 0 bridgehead atoms. The molecule has 0 unspecified atom stereocenters. The fourth-order valence-electron chi connectivity index (χ4n) is 2.11. The van der Waals surface area contributed by atoms with Crippen LogP contribution < -0.4 is 5.56 Å². The number of aliphatic carboxylic acids is 1. The number of hydrogen-bond donors (Lipinski definition) is 2. The number of pyridine rings is 1. The Morgan fingerprint density at radius 3 is 2.52 bits per heavy atom. The van der Waals surface area contributed by atoms with Crippen LogP contribution in [0.2, 0.25) is 0 Å². The molecule has 0 spiro atoms. The molecular weight excluding hydrogens is 317 g/mol. The van der Waals surface area contributed by atoms with E-state index in [0.29, 0.717) is 0 Å². The van der Waals surface area contributed by atoms with Crippen LogP contribution in [0.4, 0.5) is 13.2 Å². The zero-order chi connectivity index (χ0) is 17.5. The second-order valence-electron chi connectivity index (χ2n) is 4.96. The standard InChI is InChI=1S/C12H18N2O2.C2HF3O2/c1-16-9-8-14-6-4-10-2-3-12(15)13-11(10)5-7-14;3-2(4,5)1(6)7/h2-3H,4-9H2,1H3,(H,13,15);(H,6,7). The molecule has 2 N–H and O–H groups in total. The minimum Gasteiger partial charge on any atom is -0.475 e. The monoisotopic (exact) mass is 336 g/mol. The first-order valence-corrected chi connectivity index (χ1v) is 6.96. The van der Waals surface area contributed by atoms with Crippen molar-refractivity contribution in [3.05, 3.63) is 33.7 Å². The van der Waals surface area contributed by atoms with Gasteiger partial charge in [0.05, 0.1) is 6.61 Å². The number of H-pyrrole nitrogens is 1. The summed E-state index contributed by atoms with van der Waals surface area (Å²) in [5.74, 6) is -2.76. The second-order valence-corrected chi connectivity index (χ2v) is 4.96. The Kier molecular flexibility index (Phi) is 7.24. The Hall–Kier alpha value is -1.87. The van der Waals surface area contributed by atoms with Crippen molar-refractivity contribution in [2.45, 2.75) is 19.0 Å². The number of nitrogens with one attached hydrogen (secondary N) is 1. The van der Waals surface area contributed by atoms with E-state index in [0.717, 1.165) is 44.8 Å². The molecule has 1 aromatic rings. The number of ether oxygens (including phenoxy) is 1. The molecule has 9 heteroatoms. The normalized spacial score (nSPS) is 15.1. The van der Waals surface area contributed by atoms with Gasteiger partial charge in [0, 0.05) is 44.9 Å². The molecule has 23 heavy (non-hydrogen) atoms. The lowest BCUT2D eigenvalue weighted by atomic mass is 10.1. The van der Waals surface area contributed by atoms with Crippen molar-refractivity contribution in [1.29, 1.82) is 0 Å². The predicted molar refractivity (Wildman–Crippen MR) is 76.5 cm³/mol. The summed E-state index contributed by atoms with van der Waals surface area (Å²) in [6.07, 6.45) is -3.15. The number of carboxylic acids is 1. The molecule has 0 amide bonds. The molecule has 0 saturated carbocycles. The molecule has 2 heterocycles. The Morgan fingerprint density at radius 1 is 1.35 bits per heavy atom. The highest BCUT2D eigenvalue weighted by atomic mass is 19.4. The number of methoxy groups -OCH3 is 1. The Bertz CT molecular complexity index is 572. The number of halogens is 3. The summed E-state index contributed by atoms with van der Waals surface area (Å²) < 4.78 is 36.8. The quantitative estimate of drug-likeness (QED) is 0.862. The molecule has 0 radical (unpaired) electrons. The first-order valence-electron chi connectivity index (χ1n) is 6.96. The van der Waals surface area contributed by atoms with Gasteiger partial charge in [-0.15, -0.1) is 0 Å². The van der Waals surface area contributed by atoms with Crippen LogP contribution in [0.1, 0.15) is 11.3 Å². The van der Waals surface area contributed by atoms with Crippen LogP contribution in [0, 0.1) is 0 Å². The van der Waals surface area contributed by atoms with Crippen molar-refractivity contribution < 1.29 is 27.8 Å². The van der Waals surface area contributed by atoms with E-state index in [1.165, 1.54) is 5.56 Å². The van der Waals surface area contributed by atoms with Crippen LogP contribution in [-0.2, 0) is 22.4 Å². The lowest BCUT2D eigenvalue weighted by Gasteiger charge is -2.18. The van der Waals surface area contributed by atoms with Crippen LogP contribution in [0.5, 0.6) is 0 Å². The first-order chi connectivity index (χ1) is 10.7. The van der Waals surface area contributed by atoms with Crippen molar-refractivity contribution in [3.63, 3.8) is 0 Å². The van der Waals surface area contributed by atoms with Gasteiger partial charge in [-0.3, -0.25) is 4.79 Å². The van der Waals surface area contributed by atoms with Gasteiger partial charge in [-0.25, -0.2) is 4.79 Å². The Morgan fingerprint density at radius 2 is 1.96 bits per heavy atom. The average Bonchev–Trinajstić information content (AvgIpc) is 2.67. The fraction of sp³-hybridized carbons (Fsp3) is 0.571. The third-order valence-electron chi connectivity index (χ3n) is 3.33. The van der Waals surface area contributed by atoms with E-state index in [4.69, 9.17) is 14.6 Å². The number of aromatic amines is 1. The topological polar surface area (TPSA) is 82.6 Å². The van der Waals surface area contributed by atoms with Crippen molar-refractivity contribution in [2.24, 2.45) is 0 Å². The maximum absolute atomic E-state index is 11.2. The van der Waals surface area contributed by atoms with Crippen molar-refractivity contribution in [3.8, 4) is 0 Å². The lowest BCUT2D eigenvalue weighted by Crippen LogP contribution is -2.29. The second kappa shape index (κ2) is 8.68. The van der Waals surface area contributed by atoms with Crippen LogP contribution in [0.3, 0.4) is 0 Å². The zero-order valence-corrected chi connectivity index (χ0v) is 12.7. The number of alkyl halides is 3. The van der Waals surface area contributed by atoms with Crippen LogP contribution in [-0.4, -0.2) is 60.5 Å². The summed E-state index contributed by atoms with van der Waals surface area (Å²) >= 11 is 0. The molecule has 0 atom stereocenters. The average molecular weight is 336 g/mol. The van der Waals surface area contributed by atoms with E-state index >= 15 is 0 Å². The molecule has 1 aliphatic rings. The van der Waals surface area contributed by atoms with Gasteiger partial charge in [-0.05, 0) is 12.0 Å². The van der Waals surface area contributed by atoms with Crippen molar-refractivity contribution in [1.82, 2.24) is 9.88 Å². The van der Waals surface area contributed by atoms with Gasteiger partial charge in [0.2, 0.25) is 5.56 Å². The van der Waals surface area contributed by atoms with Crippen LogP contribution >= 0.6 is 0 Å². The predicted octanol–water partition coefficient (Wildman–Crippen LogP) is 1.06. The van der Waals surface area contributed by atoms with E-state index < -0.39 is 12.1 Å². The lowest BCUT2D eigenvalue weighted by molar-refractivity contribution is -0.192. The van der Waals surface area contributed by atoms with Gasteiger partial charge in [0.1, 0.15) is 0 Å². The molecule has 0 aliphatic carbocycles. The minimum atomic E-state index is -5.08.